The van der Waals surface area contributed by atoms with E-state index in [1.54, 1.807) is 24.0 Å². The van der Waals surface area contributed by atoms with Crippen molar-refractivity contribution in [2.24, 2.45) is 0 Å². The molecule has 0 aliphatic rings. The number of aromatic nitrogens is 2. The maximum atomic E-state index is 10.5. The van der Waals surface area contributed by atoms with Gasteiger partial charge in [-0.2, -0.15) is 0 Å². The SMILES string of the molecule is O=C(O)C=Cc1cccc(OCCSc2ccncn2)c1. The second-order valence-electron chi connectivity index (χ2n) is 3.99. The molecule has 21 heavy (non-hydrogen) atoms. The zero-order chi connectivity index (χ0) is 14.9. The highest BCUT2D eigenvalue weighted by molar-refractivity contribution is 7.99. The molecular formula is C15H14N2O3S. The summed E-state index contributed by atoms with van der Waals surface area (Å²) < 4.78 is 5.63. The Kier molecular flexibility index (Phi) is 5.78. The first kappa shape index (κ1) is 15.1. The van der Waals surface area contributed by atoms with Gasteiger partial charge in [-0.15, -0.1) is 11.8 Å². The zero-order valence-electron chi connectivity index (χ0n) is 11.2. The number of carboxylic acids is 1. The smallest absolute Gasteiger partial charge is 0.328 e. The van der Waals surface area contributed by atoms with E-state index in [1.165, 1.54) is 12.4 Å². The van der Waals surface area contributed by atoms with Gasteiger partial charge in [-0.3, -0.25) is 0 Å². The van der Waals surface area contributed by atoms with Crippen LogP contribution in [0.3, 0.4) is 0 Å². The molecule has 108 valence electrons. The summed E-state index contributed by atoms with van der Waals surface area (Å²) in [6, 6.07) is 9.14. The first-order valence-electron chi connectivity index (χ1n) is 6.27. The fraction of sp³-hybridized carbons (Fsp3) is 0.133. The predicted molar refractivity (Wildman–Crippen MR) is 81.4 cm³/mol. The summed E-state index contributed by atoms with van der Waals surface area (Å²) in [7, 11) is 0. The molecule has 6 heteroatoms. The average Bonchev–Trinajstić information content (AvgIpc) is 2.51. The Bertz CT molecular complexity index is 617. The van der Waals surface area contributed by atoms with E-state index < -0.39 is 5.97 Å². The number of aliphatic carboxylic acids is 1. The van der Waals surface area contributed by atoms with E-state index in [2.05, 4.69) is 9.97 Å². The van der Waals surface area contributed by atoms with Crippen molar-refractivity contribution in [3.05, 3.63) is 54.5 Å². The Morgan fingerprint density at radius 1 is 1.38 bits per heavy atom. The standard InChI is InChI=1S/C15H14N2O3S/c18-15(19)5-4-12-2-1-3-13(10-12)20-8-9-21-14-6-7-16-11-17-14/h1-7,10-11H,8-9H2,(H,18,19). The number of rotatable bonds is 7. The molecule has 0 spiro atoms. The van der Waals surface area contributed by atoms with Crippen LogP contribution in [0.25, 0.3) is 6.08 Å². The van der Waals surface area contributed by atoms with Gasteiger partial charge in [-0.1, -0.05) is 12.1 Å². The predicted octanol–water partition coefficient (Wildman–Crippen LogP) is 2.75. The van der Waals surface area contributed by atoms with Gasteiger partial charge in [-0.25, -0.2) is 14.8 Å². The summed E-state index contributed by atoms with van der Waals surface area (Å²) in [6.07, 6.45) is 5.85. The number of hydrogen-bond acceptors (Lipinski definition) is 5. The van der Waals surface area contributed by atoms with E-state index >= 15 is 0 Å². The number of thioether (sulfide) groups is 1. The van der Waals surface area contributed by atoms with Crippen LogP contribution in [0, 0.1) is 0 Å². The first-order valence-corrected chi connectivity index (χ1v) is 7.25. The average molecular weight is 302 g/mol. The van der Waals surface area contributed by atoms with Crippen molar-refractivity contribution in [3.8, 4) is 5.75 Å². The molecule has 0 aliphatic carbocycles. The fourth-order valence-electron chi connectivity index (χ4n) is 1.55. The van der Waals surface area contributed by atoms with Crippen LogP contribution in [0.2, 0.25) is 0 Å². The van der Waals surface area contributed by atoms with Crippen molar-refractivity contribution in [3.63, 3.8) is 0 Å². The molecule has 2 rings (SSSR count). The lowest BCUT2D eigenvalue weighted by Crippen LogP contribution is -2.00. The summed E-state index contributed by atoms with van der Waals surface area (Å²) in [4.78, 5) is 18.4. The van der Waals surface area contributed by atoms with Gasteiger partial charge >= 0.3 is 5.97 Å². The van der Waals surface area contributed by atoms with Crippen molar-refractivity contribution in [1.82, 2.24) is 9.97 Å². The van der Waals surface area contributed by atoms with E-state index in [4.69, 9.17) is 9.84 Å². The number of carbonyl (C=O) groups is 1. The molecule has 0 radical (unpaired) electrons. The van der Waals surface area contributed by atoms with Crippen molar-refractivity contribution in [2.45, 2.75) is 5.03 Å². The second-order valence-corrected chi connectivity index (χ2v) is 5.10. The minimum Gasteiger partial charge on any atom is -0.493 e. The van der Waals surface area contributed by atoms with Crippen LogP contribution < -0.4 is 4.74 Å². The highest BCUT2D eigenvalue weighted by atomic mass is 32.2. The van der Waals surface area contributed by atoms with E-state index in [1.807, 2.05) is 24.3 Å². The molecule has 0 fully saturated rings. The summed E-state index contributed by atoms with van der Waals surface area (Å²) in [5.74, 6) is 0.514. The van der Waals surface area contributed by atoms with Crippen LogP contribution in [-0.4, -0.2) is 33.4 Å². The summed E-state index contributed by atoms with van der Waals surface area (Å²) in [6.45, 7) is 0.542. The molecule has 0 unspecified atom stereocenters. The van der Waals surface area contributed by atoms with Crippen molar-refractivity contribution in [2.75, 3.05) is 12.4 Å². The molecule has 0 atom stereocenters. The third-order valence-corrected chi connectivity index (χ3v) is 3.34. The molecule has 1 heterocycles. The van der Waals surface area contributed by atoms with E-state index in [9.17, 15) is 4.79 Å². The summed E-state index contributed by atoms with van der Waals surface area (Å²) >= 11 is 1.59. The van der Waals surface area contributed by atoms with Crippen molar-refractivity contribution >= 4 is 23.8 Å². The van der Waals surface area contributed by atoms with Gasteiger partial charge in [0.05, 0.1) is 11.6 Å². The molecule has 1 N–H and O–H groups in total. The van der Waals surface area contributed by atoms with Crippen LogP contribution in [0.5, 0.6) is 5.75 Å². The molecule has 0 saturated carbocycles. The largest absolute Gasteiger partial charge is 0.493 e. The van der Waals surface area contributed by atoms with Gasteiger partial charge in [0.2, 0.25) is 0 Å². The van der Waals surface area contributed by atoms with Crippen LogP contribution in [0.15, 0.2) is 54.0 Å². The van der Waals surface area contributed by atoms with E-state index in [-0.39, 0.29) is 0 Å². The lowest BCUT2D eigenvalue weighted by Gasteiger charge is -2.06. The van der Waals surface area contributed by atoms with Gasteiger partial charge in [0.25, 0.3) is 0 Å². The third kappa shape index (κ3) is 5.66. The second kappa shape index (κ2) is 8.06. The molecule has 2 aromatic rings. The molecule has 1 aromatic carbocycles. The summed E-state index contributed by atoms with van der Waals surface area (Å²) in [5.41, 5.74) is 0.790. The molecule has 0 bridgehead atoms. The Hall–Kier alpha value is -2.34. The molecule has 1 aromatic heterocycles. The van der Waals surface area contributed by atoms with Gasteiger partial charge in [0.1, 0.15) is 12.1 Å². The Morgan fingerprint density at radius 3 is 3.05 bits per heavy atom. The molecule has 0 aliphatic heterocycles. The number of hydrogen-bond donors (Lipinski definition) is 1. The maximum absolute atomic E-state index is 10.5. The maximum Gasteiger partial charge on any atom is 0.328 e. The number of ether oxygens (including phenoxy) is 1. The lowest BCUT2D eigenvalue weighted by atomic mass is 10.2. The highest BCUT2D eigenvalue weighted by Gasteiger charge is 1.98. The fourth-order valence-corrected chi connectivity index (χ4v) is 2.20. The molecule has 0 saturated heterocycles. The van der Waals surface area contributed by atoms with Crippen LogP contribution in [-0.2, 0) is 4.79 Å². The number of nitrogens with zero attached hydrogens (tertiary/aromatic N) is 2. The number of benzene rings is 1. The zero-order valence-corrected chi connectivity index (χ0v) is 12.0. The van der Waals surface area contributed by atoms with Gasteiger partial charge in [0.15, 0.2) is 0 Å². The van der Waals surface area contributed by atoms with E-state index in [0.29, 0.717) is 12.4 Å². The molecular weight excluding hydrogens is 288 g/mol. The van der Waals surface area contributed by atoms with Gasteiger partial charge in [-0.05, 0) is 29.8 Å². The van der Waals surface area contributed by atoms with Crippen LogP contribution in [0.4, 0.5) is 0 Å². The minimum absolute atomic E-state index is 0.542. The number of carboxylic acid groups (broad SMARTS) is 1. The molecule has 0 amide bonds. The Labute approximate surface area is 126 Å². The van der Waals surface area contributed by atoms with Crippen molar-refractivity contribution in [1.29, 1.82) is 0 Å². The minimum atomic E-state index is -0.970. The van der Waals surface area contributed by atoms with E-state index in [0.717, 1.165) is 22.4 Å². The Balaban J connectivity index is 1.80. The van der Waals surface area contributed by atoms with Gasteiger partial charge < -0.3 is 9.84 Å². The lowest BCUT2D eigenvalue weighted by molar-refractivity contribution is -0.131. The topological polar surface area (TPSA) is 72.3 Å². The Morgan fingerprint density at radius 2 is 2.29 bits per heavy atom. The van der Waals surface area contributed by atoms with Gasteiger partial charge in [0, 0.05) is 18.0 Å². The molecule has 5 nitrogen and oxygen atoms in total. The third-order valence-electron chi connectivity index (χ3n) is 2.43. The highest BCUT2D eigenvalue weighted by Crippen LogP contribution is 2.17. The first-order chi connectivity index (χ1) is 10.2. The summed E-state index contributed by atoms with van der Waals surface area (Å²) in [5, 5.41) is 9.50. The monoisotopic (exact) mass is 302 g/mol. The van der Waals surface area contributed by atoms with Crippen molar-refractivity contribution < 1.29 is 14.6 Å². The van der Waals surface area contributed by atoms with Crippen LogP contribution >= 0.6 is 11.8 Å². The quantitative estimate of drug-likeness (QED) is 0.367. The van der Waals surface area contributed by atoms with Crippen LogP contribution in [0.1, 0.15) is 5.56 Å². The normalized spacial score (nSPS) is 10.7.